The zero-order valence-electron chi connectivity index (χ0n) is 24.8. The van der Waals surface area contributed by atoms with E-state index in [1.807, 2.05) is 20.8 Å². The minimum absolute atomic E-state index is 0.0192. The van der Waals surface area contributed by atoms with Crippen molar-refractivity contribution in [2.75, 3.05) is 26.8 Å². The summed E-state index contributed by atoms with van der Waals surface area (Å²) in [6, 6.07) is 11.0. The van der Waals surface area contributed by atoms with E-state index in [1.165, 1.54) is 50.4 Å². The maximum atomic E-state index is 14.9. The van der Waals surface area contributed by atoms with E-state index in [1.54, 1.807) is 6.07 Å². The van der Waals surface area contributed by atoms with Crippen LogP contribution >= 0.6 is 11.6 Å². The number of alkyl halides is 3. The van der Waals surface area contributed by atoms with E-state index < -0.39 is 41.5 Å². The van der Waals surface area contributed by atoms with Gasteiger partial charge in [0.1, 0.15) is 17.8 Å². The van der Waals surface area contributed by atoms with Crippen LogP contribution in [-0.2, 0) is 11.0 Å². The molecule has 0 bridgehead atoms. The highest BCUT2D eigenvalue weighted by atomic mass is 35.5. The number of carbonyl (C=O) groups excluding carboxylic acids is 1. The molecule has 0 spiro atoms. The molecule has 0 aliphatic heterocycles. The highest BCUT2D eigenvalue weighted by molar-refractivity contribution is 6.31. The summed E-state index contributed by atoms with van der Waals surface area (Å²) < 4.78 is 69.2. The summed E-state index contributed by atoms with van der Waals surface area (Å²) in [5.41, 5.74) is -2.66. The summed E-state index contributed by atoms with van der Waals surface area (Å²) in [6.45, 7) is 7.72. The Morgan fingerprint density at radius 2 is 1.77 bits per heavy atom. The number of carbonyl (C=O) groups is 1. The van der Waals surface area contributed by atoms with E-state index in [0.717, 1.165) is 13.0 Å². The Hall–Kier alpha value is -3.41. The van der Waals surface area contributed by atoms with Gasteiger partial charge in [0.2, 0.25) is 0 Å². The average molecular weight is 626 g/mol. The highest BCUT2D eigenvalue weighted by Crippen LogP contribution is 2.42. The number of methoxy groups -OCH3 is 1. The molecule has 2 aromatic carbocycles. The molecule has 0 aliphatic rings. The third-order valence-electron chi connectivity index (χ3n) is 7.08. The van der Waals surface area contributed by atoms with Gasteiger partial charge < -0.3 is 25.2 Å². The predicted molar refractivity (Wildman–Crippen MR) is 157 cm³/mol. The fraction of sp³-hybridized carbons (Fsp3) is 0.419. The van der Waals surface area contributed by atoms with Crippen LogP contribution in [0.3, 0.4) is 0 Å². The SMILES string of the molecule is CCNC(C)(C)c1cc(-c2ccc(F)c(Cl)c2)nc(C(C)(CNC(=O)c2ccc(OC[C@H](C)O)c(OC)c2)C(F)(F)F)c1. The fourth-order valence-electron chi connectivity index (χ4n) is 4.35. The lowest BCUT2D eigenvalue weighted by Crippen LogP contribution is -2.49. The number of aliphatic hydroxyl groups excluding tert-OH is 1. The Labute approximate surface area is 253 Å². The van der Waals surface area contributed by atoms with Crippen LogP contribution in [0.15, 0.2) is 48.5 Å². The molecule has 3 rings (SSSR count). The normalized spacial score (nSPS) is 14.1. The number of pyridine rings is 1. The van der Waals surface area contributed by atoms with Crippen LogP contribution in [0.4, 0.5) is 17.6 Å². The molecule has 1 unspecified atom stereocenters. The van der Waals surface area contributed by atoms with Crippen molar-refractivity contribution in [1.82, 2.24) is 15.6 Å². The summed E-state index contributed by atoms with van der Waals surface area (Å²) in [6.07, 6.45) is -5.58. The molecular weight excluding hydrogens is 590 g/mol. The van der Waals surface area contributed by atoms with E-state index in [-0.39, 0.29) is 40.1 Å². The van der Waals surface area contributed by atoms with Gasteiger partial charge in [0.15, 0.2) is 11.5 Å². The first-order valence-corrected chi connectivity index (χ1v) is 14.0. The number of rotatable bonds is 12. The first-order valence-electron chi connectivity index (χ1n) is 13.6. The number of benzene rings is 2. The van der Waals surface area contributed by atoms with Crippen molar-refractivity contribution in [2.45, 2.75) is 57.9 Å². The molecule has 43 heavy (non-hydrogen) atoms. The Morgan fingerprint density at radius 1 is 1.07 bits per heavy atom. The minimum Gasteiger partial charge on any atom is -0.493 e. The number of amides is 1. The van der Waals surface area contributed by atoms with Crippen LogP contribution in [0.25, 0.3) is 11.3 Å². The monoisotopic (exact) mass is 625 g/mol. The molecular formula is C31H36ClF4N3O4. The van der Waals surface area contributed by atoms with Crippen molar-refractivity contribution >= 4 is 17.5 Å². The van der Waals surface area contributed by atoms with Gasteiger partial charge in [-0.3, -0.25) is 9.78 Å². The summed E-state index contributed by atoms with van der Waals surface area (Å²) in [7, 11) is 1.35. The molecule has 0 aliphatic carbocycles. The lowest BCUT2D eigenvalue weighted by atomic mass is 9.82. The van der Waals surface area contributed by atoms with Gasteiger partial charge in [-0.15, -0.1) is 0 Å². The van der Waals surface area contributed by atoms with E-state index in [4.69, 9.17) is 21.1 Å². The second kappa shape index (κ2) is 13.5. The van der Waals surface area contributed by atoms with Gasteiger partial charge in [0, 0.05) is 23.2 Å². The van der Waals surface area contributed by atoms with Crippen LogP contribution in [0.2, 0.25) is 5.02 Å². The molecule has 234 valence electrons. The molecule has 1 aromatic heterocycles. The first kappa shape index (κ1) is 34.1. The Kier molecular flexibility index (Phi) is 10.7. The topological polar surface area (TPSA) is 92.7 Å². The zero-order valence-corrected chi connectivity index (χ0v) is 25.6. The van der Waals surface area contributed by atoms with E-state index >= 15 is 0 Å². The summed E-state index contributed by atoms with van der Waals surface area (Å²) in [5.74, 6) is -1.00. The second-order valence-electron chi connectivity index (χ2n) is 10.9. The van der Waals surface area contributed by atoms with Gasteiger partial charge >= 0.3 is 6.18 Å². The number of aliphatic hydroxyl groups is 1. The van der Waals surface area contributed by atoms with Crippen LogP contribution < -0.4 is 20.1 Å². The van der Waals surface area contributed by atoms with Gasteiger partial charge in [0.05, 0.1) is 29.6 Å². The van der Waals surface area contributed by atoms with Crippen LogP contribution in [0.5, 0.6) is 11.5 Å². The van der Waals surface area contributed by atoms with Crippen LogP contribution in [0, 0.1) is 5.82 Å². The number of ether oxygens (including phenoxy) is 2. The van der Waals surface area contributed by atoms with E-state index in [9.17, 15) is 27.5 Å². The molecule has 0 fully saturated rings. The van der Waals surface area contributed by atoms with Gasteiger partial charge in [-0.1, -0.05) is 18.5 Å². The Balaban J connectivity index is 2.04. The molecule has 0 radical (unpaired) electrons. The van der Waals surface area contributed by atoms with Gasteiger partial charge in [-0.05, 0) is 88.3 Å². The number of hydrogen-bond acceptors (Lipinski definition) is 6. The standard InChI is InChI=1S/C31H36ClF4N3O4/c1-7-38-29(3,4)21-14-24(19-8-10-23(33)22(32)12-19)39-27(15-21)30(5,31(34,35)36)17-37-28(41)20-9-11-25(26(13-20)42-6)43-16-18(2)40/h8-15,18,38,40H,7,16-17H2,1-6H3,(H,37,41)/t18-,30?/m0/s1. The van der Waals surface area contributed by atoms with E-state index in [0.29, 0.717) is 17.7 Å². The molecule has 2 atom stereocenters. The lowest BCUT2D eigenvalue weighted by molar-refractivity contribution is -0.184. The minimum atomic E-state index is -4.83. The van der Waals surface area contributed by atoms with Crippen molar-refractivity contribution in [2.24, 2.45) is 0 Å². The molecule has 7 nitrogen and oxygen atoms in total. The van der Waals surface area contributed by atoms with Crippen molar-refractivity contribution < 1.29 is 36.9 Å². The van der Waals surface area contributed by atoms with Crippen LogP contribution in [-0.4, -0.2) is 55.1 Å². The van der Waals surface area contributed by atoms with Crippen LogP contribution in [0.1, 0.15) is 56.2 Å². The Bertz CT molecular complexity index is 1450. The van der Waals surface area contributed by atoms with Crippen molar-refractivity contribution in [3.63, 3.8) is 0 Å². The predicted octanol–water partition coefficient (Wildman–Crippen LogP) is 6.40. The molecule has 0 saturated carbocycles. The van der Waals surface area contributed by atoms with Gasteiger partial charge in [-0.2, -0.15) is 13.2 Å². The molecule has 3 aromatic rings. The molecule has 1 amide bonds. The maximum Gasteiger partial charge on any atom is 0.401 e. The second-order valence-corrected chi connectivity index (χ2v) is 11.4. The van der Waals surface area contributed by atoms with Crippen molar-refractivity contribution in [1.29, 1.82) is 0 Å². The van der Waals surface area contributed by atoms with E-state index in [2.05, 4.69) is 15.6 Å². The number of nitrogens with zero attached hydrogens (tertiary/aromatic N) is 1. The summed E-state index contributed by atoms with van der Waals surface area (Å²) in [4.78, 5) is 17.4. The average Bonchev–Trinajstić information content (AvgIpc) is 2.94. The number of hydrogen-bond donors (Lipinski definition) is 3. The number of halogens is 5. The van der Waals surface area contributed by atoms with Gasteiger partial charge in [-0.25, -0.2) is 4.39 Å². The van der Waals surface area contributed by atoms with Crippen molar-refractivity contribution in [3.8, 4) is 22.8 Å². The number of aromatic nitrogens is 1. The summed E-state index contributed by atoms with van der Waals surface area (Å²) >= 11 is 5.98. The largest absolute Gasteiger partial charge is 0.493 e. The molecule has 3 N–H and O–H groups in total. The first-order chi connectivity index (χ1) is 20.0. The van der Waals surface area contributed by atoms with Gasteiger partial charge in [0.25, 0.3) is 5.91 Å². The third-order valence-corrected chi connectivity index (χ3v) is 7.37. The maximum absolute atomic E-state index is 14.9. The molecule has 12 heteroatoms. The molecule has 1 heterocycles. The fourth-order valence-corrected chi connectivity index (χ4v) is 4.54. The highest BCUT2D eigenvalue weighted by Gasteiger charge is 2.54. The van der Waals surface area contributed by atoms with Crippen molar-refractivity contribution in [3.05, 3.63) is 76.2 Å². The number of nitrogens with one attached hydrogen (secondary N) is 2. The third kappa shape index (κ3) is 7.95. The zero-order chi connectivity index (χ0) is 32.2. The Morgan fingerprint density at radius 3 is 2.35 bits per heavy atom. The smallest absolute Gasteiger partial charge is 0.401 e. The molecule has 0 saturated heterocycles. The lowest BCUT2D eigenvalue weighted by Gasteiger charge is -2.34. The summed E-state index contributed by atoms with van der Waals surface area (Å²) in [5, 5.41) is 14.9. The quantitative estimate of drug-likeness (QED) is 0.202.